The number of anilines is 3. The first-order valence-electron chi connectivity index (χ1n) is 28.8. The summed E-state index contributed by atoms with van der Waals surface area (Å²) in [5, 5.41) is -2.04. The second-order valence-electron chi connectivity index (χ2n) is 12.8. The molecule has 0 heterocycles. The smallest absolute Gasteiger partial charge is 0.0645 e. The molecule has 0 atom stereocenters. The van der Waals surface area contributed by atoms with Gasteiger partial charge in [-0.05, 0) is 120 Å². The Morgan fingerprint density at radius 1 is 0.281 bits per heavy atom. The maximum atomic E-state index is 9.66. The third kappa shape index (κ3) is 6.66. The Kier molecular flexibility index (Phi) is 4.73. The van der Waals surface area contributed by atoms with E-state index in [-0.39, 0.29) is 5.69 Å². The molecule has 0 aliphatic rings. The summed E-state index contributed by atoms with van der Waals surface area (Å²) in [7, 11) is 0. The average Bonchev–Trinajstić information content (AvgIpc) is 3.64. The summed E-state index contributed by atoms with van der Waals surface area (Å²) in [5.74, 6) is 0. The molecule has 10 rings (SSSR count). The molecule has 0 bridgehead atoms. The van der Waals surface area contributed by atoms with E-state index in [1.807, 2.05) is 78.9 Å². The van der Waals surface area contributed by atoms with Gasteiger partial charge in [-0.15, -0.1) is 0 Å². The lowest BCUT2D eigenvalue weighted by Crippen LogP contribution is -2.09. The van der Waals surface area contributed by atoms with Gasteiger partial charge in [-0.3, -0.25) is 0 Å². The first kappa shape index (κ1) is 18.0. The van der Waals surface area contributed by atoms with Crippen molar-refractivity contribution in [3.05, 3.63) is 236 Å². The number of hydrogen-bond acceptors (Lipinski definition) is 1. The Labute approximate surface area is 365 Å². The van der Waals surface area contributed by atoms with E-state index in [4.69, 9.17) is 19.2 Å². The molecule has 0 spiro atoms. The van der Waals surface area contributed by atoms with Crippen LogP contribution in [0.2, 0.25) is 0 Å². The highest BCUT2D eigenvalue weighted by Crippen LogP contribution is 2.40. The van der Waals surface area contributed by atoms with Crippen LogP contribution >= 0.6 is 0 Å². The van der Waals surface area contributed by atoms with E-state index in [0.717, 1.165) is 32.7 Å². The van der Waals surface area contributed by atoms with Crippen LogP contribution in [0.3, 0.4) is 0 Å². The van der Waals surface area contributed by atoms with E-state index in [0.29, 0.717) is 5.56 Å². The summed E-state index contributed by atoms with van der Waals surface area (Å²) in [6, 6.07) is 13.2. The van der Waals surface area contributed by atoms with Crippen LogP contribution in [0.4, 0.5) is 17.1 Å². The number of rotatable bonds is 8. The Balaban J connectivity index is 1.26. The number of hydrogen-bond donors (Lipinski definition) is 0. The molecule has 10 aromatic rings. The van der Waals surface area contributed by atoms with Gasteiger partial charge in [-0.1, -0.05) is 194 Å². The van der Waals surface area contributed by atoms with Crippen molar-refractivity contribution in [2.45, 2.75) is 0 Å². The Morgan fingerprint density at radius 3 is 1.26 bits per heavy atom. The molecule has 0 aliphatic carbocycles. The summed E-state index contributed by atoms with van der Waals surface area (Å²) in [6.45, 7) is 0. The van der Waals surface area contributed by atoms with Gasteiger partial charge >= 0.3 is 0 Å². The van der Waals surface area contributed by atoms with Crippen molar-refractivity contribution in [1.29, 1.82) is 0 Å². The fourth-order valence-corrected chi connectivity index (χ4v) is 6.71. The summed E-state index contributed by atoms with van der Waals surface area (Å²) >= 11 is 0. The van der Waals surface area contributed by atoms with Crippen molar-refractivity contribution in [3.8, 4) is 55.6 Å². The second kappa shape index (κ2) is 15.0. The SMILES string of the molecule is [2H]c1c([2H])c(N(c2ccc(-c3ccc(-c4ccccc4)c(-c4ccccc4)c3)cc2)c2c([2H])c([2H])c(-c3c([2H])c([2H])c([2H])c4c([2H])c([2H])c([2H])c([2H])c34)c([2H])c2[2H])c([2H])c([2H])c1-c1c([2H])c([2H])c([2H])c2c([2H])c([2H])c([2H])c([2H])c12. The molecule has 10 aromatic carbocycles. The first-order chi connectivity index (χ1) is 37.4. The zero-order valence-electron chi connectivity index (χ0n) is 51.8. The highest BCUT2D eigenvalue weighted by atomic mass is 15.1. The third-order valence-corrected chi connectivity index (χ3v) is 9.44. The first-order valence-corrected chi connectivity index (χ1v) is 17.8. The molecule has 0 amide bonds. The minimum atomic E-state index is -0.923. The summed E-state index contributed by atoms with van der Waals surface area (Å²) in [5.41, 5.74) is 1.10. The zero-order chi connectivity index (χ0) is 57.1. The van der Waals surface area contributed by atoms with Crippen LogP contribution in [0.5, 0.6) is 0 Å². The van der Waals surface area contributed by atoms with Crippen molar-refractivity contribution in [2.24, 2.45) is 0 Å². The van der Waals surface area contributed by atoms with Crippen molar-refractivity contribution in [1.82, 2.24) is 0 Å². The lowest BCUT2D eigenvalue weighted by Gasteiger charge is -2.26. The van der Waals surface area contributed by atoms with Gasteiger partial charge in [0.2, 0.25) is 0 Å². The summed E-state index contributed by atoms with van der Waals surface area (Å²) < 4.78 is 198. The average molecular weight is 748 g/mol. The highest BCUT2D eigenvalue weighted by Gasteiger charge is 2.16. The molecule has 57 heavy (non-hydrogen) atoms. The largest absolute Gasteiger partial charge is 0.311 e. The molecule has 0 aromatic heterocycles. The Hall–Kier alpha value is -7.48. The van der Waals surface area contributed by atoms with Crippen LogP contribution in [0.15, 0.2) is 236 Å². The Morgan fingerprint density at radius 2 is 0.737 bits per heavy atom. The normalized spacial score (nSPS) is 16.6. The molecule has 0 N–H and O–H groups in total. The number of fused-ring (bicyclic) bond motifs is 2. The van der Waals surface area contributed by atoms with Gasteiger partial charge in [-0.2, -0.15) is 0 Å². The van der Waals surface area contributed by atoms with Gasteiger partial charge in [0.15, 0.2) is 0 Å². The fourth-order valence-electron chi connectivity index (χ4n) is 6.71. The van der Waals surface area contributed by atoms with E-state index in [9.17, 15) is 11.0 Å². The monoisotopic (exact) mass is 747 g/mol. The van der Waals surface area contributed by atoms with Crippen molar-refractivity contribution >= 4 is 38.6 Å². The topological polar surface area (TPSA) is 3.24 Å². The molecule has 0 aliphatic heterocycles. The molecule has 1 heteroatoms. The van der Waals surface area contributed by atoms with Gasteiger partial charge in [-0.25, -0.2) is 0 Å². The molecule has 0 unspecified atom stereocenters. The fraction of sp³-hybridized carbons (Fsp3) is 0. The van der Waals surface area contributed by atoms with E-state index >= 15 is 0 Å². The molecule has 0 saturated carbocycles. The van der Waals surface area contributed by atoms with Gasteiger partial charge in [0.05, 0.1) is 30.2 Å². The lowest BCUT2D eigenvalue weighted by atomic mass is 9.91. The quantitative estimate of drug-likeness (QED) is 0.150. The van der Waals surface area contributed by atoms with Crippen LogP contribution < -0.4 is 4.90 Å². The van der Waals surface area contributed by atoms with Crippen LogP contribution in [0.1, 0.15) is 30.2 Å². The van der Waals surface area contributed by atoms with Gasteiger partial charge in [0.25, 0.3) is 0 Å². The third-order valence-electron chi connectivity index (χ3n) is 9.44. The van der Waals surface area contributed by atoms with Gasteiger partial charge in [0.1, 0.15) is 0 Å². The lowest BCUT2D eigenvalue weighted by molar-refractivity contribution is 1.28. The highest BCUT2D eigenvalue weighted by molar-refractivity contribution is 5.98. The van der Waals surface area contributed by atoms with Crippen LogP contribution in [-0.2, 0) is 0 Å². The van der Waals surface area contributed by atoms with Crippen molar-refractivity contribution < 1.29 is 30.2 Å². The van der Waals surface area contributed by atoms with Crippen LogP contribution in [-0.4, -0.2) is 0 Å². The zero-order valence-corrected chi connectivity index (χ0v) is 29.8. The second-order valence-corrected chi connectivity index (χ2v) is 12.8. The van der Waals surface area contributed by atoms with E-state index < -0.39 is 188 Å². The molecule has 0 radical (unpaired) electrons. The predicted octanol–water partition coefficient (Wildman–Crippen LogP) is 15.8. The van der Waals surface area contributed by atoms with E-state index in [1.165, 1.54) is 12.1 Å². The number of benzene rings is 10. The summed E-state index contributed by atoms with van der Waals surface area (Å²) in [6.07, 6.45) is 0. The van der Waals surface area contributed by atoms with Crippen molar-refractivity contribution in [2.75, 3.05) is 4.90 Å². The Bertz CT molecular complexity index is 4000. The molecule has 0 fully saturated rings. The maximum Gasteiger partial charge on any atom is 0.0645 e. The number of nitrogens with zero attached hydrogens (tertiary/aromatic N) is 1. The maximum absolute atomic E-state index is 9.66. The standard InChI is InChI=1S/C56H39N/c1-3-13-41(14-4-1)55-38-31-47(39-56(55)44-15-5-2-6-16-44)40-25-32-48(33-26-40)57(49-34-27-45(28-35-49)53-23-11-19-42-17-7-9-21-51(42)53)50-36-29-46(30-37-50)54-24-12-20-43-18-8-10-22-52(43)54/h1-39H/i7D,8D,9D,10D,11D,12D,17D,18D,19D,20D,21D,22D,23D,24D,27D,28D,29D,30D,34D,35D,36D,37D. The van der Waals surface area contributed by atoms with Gasteiger partial charge < -0.3 is 4.90 Å². The van der Waals surface area contributed by atoms with Gasteiger partial charge in [0, 0.05) is 17.1 Å². The van der Waals surface area contributed by atoms with Crippen LogP contribution in [0, 0.1) is 0 Å². The molecular weight excluding hydrogens is 687 g/mol. The molecule has 268 valence electrons. The van der Waals surface area contributed by atoms with Crippen LogP contribution in [0.25, 0.3) is 77.2 Å². The molecule has 0 saturated heterocycles. The molecule has 1 nitrogen and oxygen atoms in total. The minimum Gasteiger partial charge on any atom is -0.311 e. The van der Waals surface area contributed by atoms with E-state index in [1.54, 1.807) is 12.1 Å². The van der Waals surface area contributed by atoms with Crippen molar-refractivity contribution in [3.63, 3.8) is 0 Å². The summed E-state index contributed by atoms with van der Waals surface area (Å²) in [4.78, 5) is 0.954. The predicted molar refractivity (Wildman–Crippen MR) is 243 cm³/mol. The molecular formula is C56H39N. The van der Waals surface area contributed by atoms with E-state index in [2.05, 4.69) is 0 Å². The minimum absolute atomic E-state index is 0.0458.